The van der Waals surface area contributed by atoms with Gasteiger partial charge in [-0.2, -0.15) is 0 Å². The lowest BCUT2D eigenvalue weighted by Gasteiger charge is -2.05. The van der Waals surface area contributed by atoms with Gasteiger partial charge in [0, 0.05) is 30.4 Å². The quantitative estimate of drug-likeness (QED) is 0.602. The lowest BCUT2D eigenvalue weighted by Crippen LogP contribution is -1.96. The molecule has 0 spiro atoms. The highest BCUT2D eigenvalue weighted by atomic mass is 16.2. The number of carbonyl (C=O) groups is 1. The number of hydrogen-bond donors (Lipinski definition) is 1. The highest BCUT2D eigenvalue weighted by Crippen LogP contribution is 2.18. The Hall–Kier alpha value is -1.61. The van der Waals surface area contributed by atoms with Crippen molar-refractivity contribution in [2.45, 2.75) is 32.2 Å². The molecule has 1 aromatic carbocycles. The number of fused-ring (bicyclic) bond motifs is 1. The van der Waals surface area contributed by atoms with E-state index in [0.29, 0.717) is 0 Å². The Balaban J connectivity index is 2.01. The van der Waals surface area contributed by atoms with Crippen LogP contribution >= 0.6 is 0 Å². The Bertz CT molecular complexity index is 516. The summed E-state index contributed by atoms with van der Waals surface area (Å²) in [6.45, 7) is 1.26. The van der Waals surface area contributed by atoms with Gasteiger partial charge in [-0.15, -0.1) is 0 Å². The fourth-order valence-corrected chi connectivity index (χ4v) is 2.22. The van der Waals surface area contributed by atoms with Crippen molar-refractivity contribution < 1.29 is 9.90 Å². The molecule has 3 heteroatoms. The topological polar surface area (TPSA) is 42.2 Å². The maximum absolute atomic E-state index is 10.8. The van der Waals surface area contributed by atoms with Crippen LogP contribution in [-0.4, -0.2) is 22.6 Å². The van der Waals surface area contributed by atoms with Crippen molar-refractivity contribution in [3.63, 3.8) is 0 Å². The zero-order chi connectivity index (χ0) is 12.8. The number of aliphatic hydroxyl groups excluding tert-OH is 1. The molecule has 0 saturated carbocycles. The van der Waals surface area contributed by atoms with E-state index in [9.17, 15) is 4.79 Å². The van der Waals surface area contributed by atoms with Crippen LogP contribution in [0.25, 0.3) is 10.9 Å². The summed E-state index contributed by atoms with van der Waals surface area (Å²) < 4.78 is 2.20. The van der Waals surface area contributed by atoms with Gasteiger partial charge in [0.05, 0.1) is 0 Å². The lowest BCUT2D eigenvalue weighted by molar-refractivity contribution is 0.112. The van der Waals surface area contributed by atoms with E-state index in [2.05, 4.69) is 16.8 Å². The molecule has 1 N–H and O–H groups in total. The van der Waals surface area contributed by atoms with Crippen LogP contribution in [-0.2, 0) is 6.54 Å². The molecule has 2 rings (SSSR count). The first-order chi connectivity index (χ1) is 8.85. The molecule has 0 atom stereocenters. The second-order valence-electron chi connectivity index (χ2n) is 4.58. The van der Waals surface area contributed by atoms with E-state index in [0.717, 1.165) is 49.6 Å². The third-order valence-electron chi connectivity index (χ3n) is 3.24. The van der Waals surface area contributed by atoms with Crippen molar-refractivity contribution in [1.29, 1.82) is 0 Å². The molecule has 0 radical (unpaired) electrons. The second-order valence-corrected chi connectivity index (χ2v) is 4.58. The van der Waals surface area contributed by atoms with Crippen LogP contribution in [0.2, 0.25) is 0 Å². The van der Waals surface area contributed by atoms with E-state index in [1.807, 2.05) is 18.2 Å². The summed E-state index contributed by atoms with van der Waals surface area (Å²) in [6, 6.07) is 7.86. The summed E-state index contributed by atoms with van der Waals surface area (Å²) in [5.41, 5.74) is 1.85. The lowest BCUT2D eigenvalue weighted by atomic mass is 10.2. The zero-order valence-corrected chi connectivity index (χ0v) is 10.5. The van der Waals surface area contributed by atoms with E-state index < -0.39 is 0 Å². The number of benzene rings is 1. The number of carbonyl (C=O) groups excluding carboxylic acids is 1. The maximum atomic E-state index is 10.8. The highest BCUT2D eigenvalue weighted by molar-refractivity contribution is 5.87. The van der Waals surface area contributed by atoms with Crippen LogP contribution in [0.3, 0.4) is 0 Å². The van der Waals surface area contributed by atoms with Crippen LogP contribution in [0.1, 0.15) is 36.0 Å². The number of aliphatic hydroxyl groups is 1. The van der Waals surface area contributed by atoms with Gasteiger partial charge in [0.2, 0.25) is 0 Å². The Labute approximate surface area is 107 Å². The number of aryl methyl sites for hydroxylation is 1. The van der Waals surface area contributed by atoms with E-state index >= 15 is 0 Å². The Morgan fingerprint density at radius 1 is 1.11 bits per heavy atom. The van der Waals surface area contributed by atoms with Gasteiger partial charge in [0.25, 0.3) is 0 Å². The van der Waals surface area contributed by atoms with Crippen molar-refractivity contribution in [2.24, 2.45) is 0 Å². The fraction of sp³-hybridized carbons (Fsp3) is 0.400. The van der Waals surface area contributed by atoms with E-state index in [1.54, 1.807) is 0 Å². The van der Waals surface area contributed by atoms with Crippen LogP contribution in [0.5, 0.6) is 0 Å². The number of aromatic nitrogens is 1. The van der Waals surface area contributed by atoms with Crippen molar-refractivity contribution in [2.75, 3.05) is 6.61 Å². The Kier molecular flexibility index (Phi) is 4.53. The Morgan fingerprint density at radius 3 is 2.72 bits per heavy atom. The average Bonchev–Trinajstić information content (AvgIpc) is 2.81. The molecular weight excluding hydrogens is 226 g/mol. The molecule has 2 aromatic rings. The largest absolute Gasteiger partial charge is 0.396 e. The van der Waals surface area contributed by atoms with Gasteiger partial charge in [-0.05, 0) is 30.4 Å². The third-order valence-corrected chi connectivity index (χ3v) is 3.24. The molecular formula is C15H19NO2. The highest BCUT2D eigenvalue weighted by Gasteiger charge is 2.02. The zero-order valence-electron chi connectivity index (χ0n) is 10.5. The van der Waals surface area contributed by atoms with Gasteiger partial charge in [-0.3, -0.25) is 4.79 Å². The van der Waals surface area contributed by atoms with Crippen LogP contribution in [0, 0.1) is 0 Å². The minimum Gasteiger partial charge on any atom is -0.396 e. The molecule has 1 aromatic heterocycles. The molecule has 0 fully saturated rings. The SMILES string of the molecule is O=Cc1ccc2ccn(CCCCCCO)c2c1. The standard InChI is InChI=1S/C15H19NO2/c17-10-4-2-1-3-8-16-9-7-14-6-5-13(12-18)11-15(14)16/h5-7,9,11-12,17H,1-4,8,10H2. The summed E-state index contributed by atoms with van der Waals surface area (Å²) >= 11 is 0. The monoisotopic (exact) mass is 245 g/mol. The van der Waals surface area contributed by atoms with Crippen molar-refractivity contribution >= 4 is 17.2 Å². The number of hydrogen-bond acceptors (Lipinski definition) is 2. The first-order valence-electron chi connectivity index (χ1n) is 6.50. The number of unbranched alkanes of at least 4 members (excludes halogenated alkanes) is 3. The molecule has 0 unspecified atom stereocenters. The van der Waals surface area contributed by atoms with E-state index in [-0.39, 0.29) is 6.61 Å². The molecule has 1 heterocycles. The van der Waals surface area contributed by atoms with Crippen LogP contribution in [0.15, 0.2) is 30.5 Å². The predicted octanol–water partition coefficient (Wildman–Crippen LogP) is 3.01. The minimum absolute atomic E-state index is 0.287. The molecule has 3 nitrogen and oxygen atoms in total. The molecule has 18 heavy (non-hydrogen) atoms. The molecule has 0 saturated heterocycles. The number of aldehydes is 1. The molecule has 0 aliphatic rings. The van der Waals surface area contributed by atoms with Crippen molar-refractivity contribution in [1.82, 2.24) is 4.57 Å². The second kappa shape index (κ2) is 6.36. The predicted molar refractivity (Wildman–Crippen MR) is 72.9 cm³/mol. The smallest absolute Gasteiger partial charge is 0.150 e. The molecule has 96 valence electrons. The summed E-state index contributed by atoms with van der Waals surface area (Å²) in [7, 11) is 0. The number of nitrogens with zero attached hydrogens (tertiary/aromatic N) is 1. The third kappa shape index (κ3) is 2.99. The normalized spacial score (nSPS) is 10.9. The fourth-order valence-electron chi connectivity index (χ4n) is 2.22. The van der Waals surface area contributed by atoms with Gasteiger partial charge in [-0.25, -0.2) is 0 Å². The minimum atomic E-state index is 0.287. The maximum Gasteiger partial charge on any atom is 0.150 e. The molecule has 0 bridgehead atoms. The molecule has 0 aliphatic carbocycles. The van der Waals surface area contributed by atoms with Gasteiger partial charge in [-0.1, -0.05) is 25.0 Å². The summed E-state index contributed by atoms with van der Waals surface area (Å²) in [4.78, 5) is 10.8. The summed E-state index contributed by atoms with van der Waals surface area (Å²) in [5.74, 6) is 0. The number of rotatable bonds is 7. The average molecular weight is 245 g/mol. The molecule has 0 aliphatic heterocycles. The Morgan fingerprint density at radius 2 is 1.94 bits per heavy atom. The van der Waals surface area contributed by atoms with Crippen LogP contribution in [0.4, 0.5) is 0 Å². The van der Waals surface area contributed by atoms with Gasteiger partial charge >= 0.3 is 0 Å². The first kappa shape index (κ1) is 12.8. The van der Waals surface area contributed by atoms with Crippen molar-refractivity contribution in [3.8, 4) is 0 Å². The summed E-state index contributed by atoms with van der Waals surface area (Å²) in [6.07, 6.45) is 7.17. The molecule has 0 amide bonds. The van der Waals surface area contributed by atoms with E-state index in [1.165, 1.54) is 5.39 Å². The van der Waals surface area contributed by atoms with Gasteiger partial charge in [0.1, 0.15) is 6.29 Å². The van der Waals surface area contributed by atoms with Gasteiger partial charge < -0.3 is 9.67 Å². The van der Waals surface area contributed by atoms with Gasteiger partial charge in [0.15, 0.2) is 0 Å². The van der Waals surface area contributed by atoms with E-state index in [4.69, 9.17) is 5.11 Å². The van der Waals surface area contributed by atoms with Crippen LogP contribution < -0.4 is 0 Å². The summed E-state index contributed by atoms with van der Waals surface area (Å²) in [5, 5.41) is 9.89. The first-order valence-corrected chi connectivity index (χ1v) is 6.50. The van der Waals surface area contributed by atoms with Crippen molar-refractivity contribution in [3.05, 3.63) is 36.0 Å².